The second-order valence-corrected chi connectivity index (χ2v) is 6.46. The van der Waals surface area contributed by atoms with Gasteiger partial charge in [0.05, 0.1) is 6.54 Å². The number of carbonyl (C=O) groups excluding carboxylic acids is 1. The largest absolute Gasteiger partial charge is 0.384 e. The Balaban J connectivity index is 2.29. The van der Waals surface area contributed by atoms with E-state index in [0.717, 1.165) is 4.31 Å². The highest BCUT2D eigenvalue weighted by Gasteiger charge is 2.31. The van der Waals surface area contributed by atoms with Crippen LogP contribution in [-0.4, -0.2) is 66.9 Å². The molecule has 0 saturated carbocycles. The fraction of sp³-hybridized carbons (Fsp3) is 0.385. The molecule has 1 fully saturated rings. The molecule has 2 heterocycles. The van der Waals surface area contributed by atoms with Gasteiger partial charge in [-0.2, -0.15) is 4.31 Å². The molecule has 1 aromatic rings. The lowest BCUT2D eigenvalue weighted by Gasteiger charge is -2.31. The lowest BCUT2D eigenvalue weighted by atomic mass is 10.3. The molecule has 1 aromatic heterocycles. The average molecular weight is 309 g/mol. The van der Waals surface area contributed by atoms with Crippen molar-refractivity contribution in [2.24, 2.45) is 0 Å². The van der Waals surface area contributed by atoms with Gasteiger partial charge >= 0.3 is 0 Å². The van der Waals surface area contributed by atoms with Crippen molar-refractivity contribution in [3.63, 3.8) is 0 Å². The number of rotatable bonds is 2. The summed E-state index contributed by atoms with van der Waals surface area (Å²) in [6.45, 7) is 0.113. The molecule has 0 aromatic carbocycles. The van der Waals surface area contributed by atoms with Gasteiger partial charge in [0, 0.05) is 38.1 Å². The maximum absolute atomic E-state index is 12.5. The number of pyridine rings is 1. The molecule has 112 valence electrons. The van der Waals surface area contributed by atoms with E-state index >= 15 is 0 Å². The number of hydrogen-bond donors (Lipinski definition) is 1. The van der Waals surface area contributed by atoms with Gasteiger partial charge in [-0.25, -0.2) is 8.42 Å². The molecule has 0 aliphatic carbocycles. The fourth-order valence-electron chi connectivity index (χ4n) is 1.86. The number of aliphatic hydroxyl groups is 1. The predicted octanol–water partition coefficient (Wildman–Crippen LogP) is -1.11. The van der Waals surface area contributed by atoms with Crippen molar-refractivity contribution in [2.75, 3.05) is 33.3 Å². The van der Waals surface area contributed by atoms with Crippen LogP contribution >= 0.6 is 0 Å². The lowest BCUT2D eigenvalue weighted by molar-refractivity contribution is -0.132. The van der Waals surface area contributed by atoms with E-state index in [9.17, 15) is 13.2 Å². The first-order chi connectivity index (χ1) is 9.95. The first-order valence-corrected chi connectivity index (χ1v) is 7.68. The zero-order valence-electron chi connectivity index (χ0n) is 11.5. The van der Waals surface area contributed by atoms with E-state index in [1.807, 2.05) is 0 Å². The topological polar surface area (TPSA) is 90.8 Å². The first-order valence-electron chi connectivity index (χ1n) is 6.24. The van der Waals surface area contributed by atoms with Crippen LogP contribution in [-0.2, 0) is 14.8 Å². The van der Waals surface area contributed by atoms with Gasteiger partial charge in [0.15, 0.2) is 0 Å². The minimum absolute atomic E-state index is 0.00964. The smallest absolute Gasteiger partial charge is 0.245 e. The minimum atomic E-state index is -3.77. The summed E-state index contributed by atoms with van der Waals surface area (Å²) in [5, 5.41) is 8.65. The van der Waals surface area contributed by atoms with Crippen LogP contribution in [0.3, 0.4) is 0 Å². The van der Waals surface area contributed by atoms with Crippen LogP contribution in [0.2, 0.25) is 0 Å². The van der Waals surface area contributed by atoms with Crippen molar-refractivity contribution >= 4 is 15.9 Å². The molecule has 7 nitrogen and oxygen atoms in total. The van der Waals surface area contributed by atoms with Crippen molar-refractivity contribution in [1.82, 2.24) is 14.2 Å². The van der Waals surface area contributed by atoms with E-state index in [1.54, 1.807) is 7.05 Å². The minimum Gasteiger partial charge on any atom is -0.384 e. The van der Waals surface area contributed by atoms with E-state index in [2.05, 4.69) is 16.8 Å². The van der Waals surface area contributed by atoms with Crippen molar-refractivity contribution in [3.8, 4) is 11.8 Å². The summed E-state index contributed by atoms with van der Waals surface area (Å²) in [6, 6.07) is 1.38. The van der Waals surface area contributed by atoms with Gasteiger partial charge in [-0.3, -0.25) is 9.78 Å². The number of amides is 1. The molecule has 8 heteroatoms. The van der Waals surface area contributed by atoms with Gasteiger partial charge in [-0.15, -0.1) is 0 Å². The average Bonchev–Trinajstić information content (AvgIpc) is 2.48. The van der Waals surface area contributed by atoms with E-state index in [1.165, 1.54) is 23.4 Å². The predicted molar refractivity (Wildman–Crippen MR) is 74.6 cm³/mol. The van der Waals surface area contributed by atoms with E-state index < -0.39 is 10.0 Å². The third-order valence-corrected chi connectivity index (χ3v) is 4.90. The highest BCUT2D eigenvalue weighted by molar-refractivity contribution is 7.89. The zero-order valence-corrected chi connectivity index (χ0v) is 12.3. The van der Waals surface area contributed by atoms with Crippen LogP contribution in [0.1, 0.15) is 5.56 Å². The highest BCUT2D eigenvalue weighted by Crippen LogP contribution is 2.17. The Morgan fingerprint density at radius 3 is 2.81 bits per heavy atom. The van der Waals surface area contributed by atoms with Gasteiger partial charge < -0.3 is 10.0 Å². The number of aliphatic hydroxyl groups excluding tert-OH is 1. The molecule has 1 N–H and O–H groups in total. The molecule has 0 atom stereocenters. The molecule has 1 amide bonds. The number of aromatic nitrogens is 1. The molecule has 21 heavy (non-hydrogen) atoms. The highest BCUT2D eigenvalue weighted by atomic mass is 32.2. The van der Waals surface area contributed by atoms with E-state index in [-0.39, 0.29) is 30.5 Å². The lowest BCUT2D eigenvalue weighted by Crippen LogP contribution is -2.50. The number of hydrogen-bond acceptors (Lipinski definition) is 5. The van der Waals surface area contributed by atoms with Gasteiger partial charge in [0.25, 0.3) is 0 Å². The second kappa shape index (κ2) is 6.22. The van der Waals surface area contributed by atoms with Gasteiger partial charge in [-0.05, 0) is 6.07 Å². The molecular weight excluding hydrogens is 294 g/mol. The van der Waals surface area contributed by atoms with Crippen molar-refractivity contribution in [3.05, 3.63) is 24.0 Å². The summed E-state index contributed by atoms with van der Waals surface area (Å²) in [5.41, 5.74) is 0.394. The maximum Gasteiger partial charge on any atom is 0.245 e. The van der Waals surface area contributed by atoms with Crippen LogP contribution < -0.4 is 0 Å². The van der Waals surface area contributed by atoms with Crippen molar-refractivity contribution in [2.45, 2.75) is 4.90 Å². The van der Waals surface area contributed by atoms with Crippen molar-refractivity contribution < 1.29 is 18.3 Å². The van der Waals surface area contributed by atoms with Gasteiger partial charge in [0.1, 0.15) is 11.5 Å². The number of carbonyl (C=O) groups is 1. The zero-order chi connectivity index (χ0) is 15.5. The fourth-order valence-corrected chi connectivity index (χ4v) is 3.23. The molecule has 1 aliphatic rings. The molecule has 1 aliphatic heterocycles. The standard InChI is InChI=1S/C13H15N3O4S/c1-15-4-5-16(10-13(15)18)21(19,20)12-7-11(3-2-6-17)8-14-9-12/h7-9,17H,4-6,10H2,1H3. The summed E-state index contributed by atoms with van der Waals surface area (Å²) >= 11 is 0. The second-order valence-electron chi connectivity index (χ2n) is 4.52. The summed E-state index contributed by atoms with van der Waals surface area (Å²) in [4.78, 5) is 17.0. The molecule has 1 saturated heterocycles. The van der Waals surface area contributed by atoms with E-state index in [4.69, 9.17) is 5.11 Å². The normalized spacial score (nSPS) is 16.5. The Labute approximate surface area is 123 Å². The van der Waals surface area contributed by atoms with Crippen LogP contribution in [0.4, 0.5) is 0 Å². The first kappa shape index (κ1) is 15.4. The quantitative estimate of drug-likeness (QED) is 0.700. The third kappa shape index (κ3) is 3.39. The molecular formula is C13H15N3O4S. The SMILES string of the molecule is CN1CCN(S(=O)(=O)c2cncc(C#CCO)c2)CC1=O. The van der Waals surface area contributed by atoms with Crippen LogP contribution in [0.15, 0.2) is 23.4 Å². The molecule has 0 radical (unpaired) electrons. The molecule has 0 spiro atoms. The Morgan fingerprint density at radius 2 is 2.14 bits per heavy atom. The summed E-state index contributed by atoms with van der Waals surface area (Å²) in [6.07, 6.45) is 2.64. The van der Waals surface area contributed by atoms with Crippen LogP contribution in [0.25, 0.3) is 0 Å². The third-order valence-electron chi connectivity index (χ3n) is 3.08. The van der Waals surface area contributed by atoms with Crippen molar-refractivity contribution in [1.29, 1.82) is 0 Å². The number of likely N-dealkylation sites (N-methyl/N-ethyl adjacent to an activating group) is 1. The van der Waals surface area contributed by atoms with E-state index in [0.29, 0.717) is 12.1 Å². The Kier molecular flexibility index (Phi) is 4.57. The summed E-state index contributed by atoms with van der Waals surface area (Å²) < 4.78 is 26.1. The van der Waals surface area contributed by atoms with Gasteiger partial charge in [-0.1, -0.05) is 11.8 Å². The number of piperazine rings is 1. The number of sulfonamides is 1. The van der Waals surface area contributed by atoms with Crippen LogP contribution in [0.5, 0.6) is 0 Å². The maximum atomic E-state index is 12.5. The van der Waals surface area contributed by atoms with Gasteiger partial charge in [0.2, 0.25) is 15.9 Å². The summed E-state index contributed by atoms with van der Waals surface area (Å²) in [5.74, 6) is 4.80. The Morgan fingerprint density at radius 1 is 1.38 bits per heavy atom. The Bertz CT molecular complexity index is 706. The Hall–Kier alpha value is -1.95. The van der Waals surface area contributed by atoms with Crippen LogP contribution in [0, 0.1) is 11.8 Å². The summed E-state index contributed by atoms with van der Waals surface area (Å²) in [7, 11) is -2.14. The molecule has 0 unspecified atom stereocenters. The molecule has 0 bridgehead atoms. The number of nitrogens with zero attached hydrogens (tertiary/aromatic N) is 3. The molecule has 2 rings (SSSR count). The monoisotopic (exact) mass is 309 g/mol.